The lowest BCUT2D eigenvalue weighted by Gasteiger charge is -2.44. The van der Waals surface area contributed by atoms with Gasteiger partial charge in [-0.15, -0.1) is 0 Å². The third-order valence-electron chi connectivity index (χ3n) is 9.27. The van der Waals surface area contributed by atoms with Gasteiger partial charge in [-0.3, -0.25) is 0 Å². The first-order valence-electron chi connectivity index (χ1n) is 13.8. The summed E-state index contributed by atoms with van der Waals surface area (Å²) in [7, 11) is 0. The molecule has 36 heavy (non-hydrogen) atoms. The van der Waals surface area contributed by atoms with Crippen LogP contribution in [0.5, 0.6) is 0 Å². The fourth-order valence-corrected chi connectivity index (χ4v) is 7.20. The Labute approximate surface area is 217 Å². The van der Waals surface area contributed by atoms with E-state index in [1.54, 1.807) is 0 Å². The standard InChI is InChI=1S/C32H46O4/c1-21(19-36-20-23-8-6-10-26(16-23)31(3,4)35)28-13-14-29-24(9-7-15-32(28,29)5)11-12-25-17-27(33)18-30(34)22(25)2/h6,8,10-12,16,21,27-30,33-35H,2,7,9,13-15,17-20H2,1,3-5H3/b24-11+,25-12+/t21-,27-,28-,29+,30+,32-/m1/s1. The first-order chi connectivity index (χ1) is 17.0. The molecule has 3 N–H and O–H groups in total. The molecular weight excluding hydrogens is 448 g/mol. The lowest BCUT2D eigenvalue weighted by atomic mass is 9.61. The Bertz CT molecular complexity index is 1000. The third kappa shape index (κ3) is 5.88. The van der Waals surface area contributed by atoms with Crippen LogP contribution in [-0.4, -0.2) is 34.1 Å². The topological polar surface area (TPSA) is 69.9 Å². The van der Waals surface area contributed by atoms with Gasteiger partial charge in [0.2, 0.25) is 0 Å². The zero-order valence-corrected chi connectivity index (χ0v) is 22.7. The van der Waals surface area contributed by atoms with Crippen LogP contribution in [0.25, 0.3) is 0 Å². The predicted octanol–water partition coefficient (Wildman–Crippen LogP) is 6.21. The van der Waals surface area contributed by atoms with Gasteiger partial charge < -0.3 is 20.1 Å². The van der Waals surface area contributed by atoms with E-state index in [9.17, 15) is 15.3 Å². The minimum atomic E-state index is -0.845. The van der Waals surface area contributed by atoms with Crippen LogP contribution >= 0.6 is 0 Å². The van der Waals surface area contributed by atoms with E-state index in [0.29, 0.717) is 37.2 Å². The molecule has 3 aliphatic rings. The highest BCUT2D eigenvalue weighted by Gasteiger charge is 2.50. The molecule has 3 fully saturated rings. The van der Waals surface area contributed by atoms with Gasteiger partial charge in [-0.2, -0.15) is 0 Å². The molecule has 0 amide bonds. The Hall–Kier alpha value is -1.72. The first kappa shape index (κ1) is 27.3. The van der Waals surface area contributed by atoms with E-state index in [4.69, 9.17) is 4.74 Å². The van der Waals surface area contributed by atoms with Crippen molar-refractivity contribution in [3.05, 3.63) is 70.8 Å². The minimum Gasteiger partial charge on any atom is -0.393 e. The summed E-state index contributed by atoms with van der Waals surface area (Å²) in [5.41, 5.74) is 4.74. The molecule has 0 heterocycles. The normalized spacial score (nSPS) is 34.2. The molecule has 0 aliphatic heterocycles. The van der Waals surface area contributed by atoms with Crippen LogP contribution in [0.3, 0.4) is 0 Å². The van der Waals surface area contributed by atoms with Gasteiger partial charge >= 0.3 is 0 Å². The second-order valence-corrected chi connectivity index (χ2v) is 12.4. The van der Waals surface area contributed by atoms with Crippen molar-refractivity contribution in [1.82, 2.24) is 0 Å². The van der Waals surface area contributed by atoms with Crippen LogP contribution in [0.2, 0.25) is 0 Å². The van der Waals surface area contributed by atoms with Crippen molar-refractivity contribution in [1.29, 1.82) is 0 Å². The first-order valence-corrected chi connectivity index (χ1v) is 13.8. The summed E-state index contributed by atoms with van der Waals surface area (Å²) in [4.78, 5) is 0. The highest BCUT2D eigenvalue weighted by atomic mass is 16.5. The third-order valence-corrected chi connectivity index (χ3v) is 9.27. The summed E-state index contributed by atoms with van der Waals surface area (Å²) in [6, 6.07) is 8.07. The molecule has 0 bridgehead atoms. The van der Waals surface area contributed by atoms with E-state index >= 15 is 0 Å². The molecule has 0 saturated heterocycles. The molecule has 0 aromatic heterocycles. The summed E-state index contributed by atoms with van der Waals surface area (Å²) >= 11 is 0. The minimum absolute atomic E-state index is 0.287. The monoisotopic (exact) mass is 494 g/mol. The van der Waals surface area contributed by atoms with Crippen molar-refractivity contribution in [2.75, 3.05) is 6.61 Å². The van der Waals surface area contributed by atoms with Gasteiger partial charge in [-0.05, 0) is 97.8 Å². The number of aliphatic hydroxyl groups is 3. The lowest BCUT2D eigenvalue weighted by molar-refractivity contribution is 0.0275. The maximum Gasteiger partial charge on any atom is 0.0840 e. The zero-order chi connectivity index (χ0) is 26.1. The van der Waals surface area contributed by atoms with Crippen molar-refractivity contribution in [3.8, 4) is 0 Å². The van der Waals surface area contributed by atoms with E-state index in [1.807, 2.05) is 32.0 Å². The van der Waals surface area contributed by atoms with Crippen LogP contribution in [0.4, 0.5) is 0 Å². The molecule has 4 rings (SSSR count). The number of hydrogen-bond donors (Lipinski definition) is 3. The van der Waals surface area contributed by atoms with Gasteiger partial charge in [-0.25, -0.2) is 0 Å². The molecule has 3 aliphatic carbocycles. The van der Waals surface area contributed by atoms with Gasteiger partial charge in [0, 0.05) is 13.0 Å². The quantitative estimate of drug-likeness (QED) is 0.422. The van der Waals surface area contributed by atoms with Crippen molar-refractivity contribution < 1.29 is 20.1 Å². The molecule has 6 atom stereocenters. The average Bonchev–Trinajstić information content (AvgIpc) is 3.17. The average molecular weight is 495 g/mol. The highest BCUT2D eigenvalue weighted by Crippen LogP contribution is 2.59. The fourth-order valence-electron chi connectivity index (χ4n) is 7.20. The number of benzene rings is 1. The van der Waals surface area contributed by atoms with Gasteiger partial charge in [0.25, 0.3) is 0 Å². The maximum atomic E-state index is 10.3. The van der Waals surface area contributed by atoms with E-state index in [0.717, 1.165) is 35.3 Å². The van der Waals surface area contributed by atoms with Crippen LogP contribution in [0, 0.1) is 23.2 Å². The van der Waals surface area contributed by atoms with Crippen molar-refractivity contribution in [2.45, 2.75) is 97.1 Å². The fraction of sp³-hybridized carbons (Fsp3) is 0.625. The van der Waals surface area contributed by atoms with Crippen LogP contribution in [0.1, 0.15) is 83.8 Å². The SMILES string of the molecule is C=C1/C(=C/C=C2\CCC[C@]3(C)[C@@H]([C@H](C)COCc4cccc(C(C)(C)O)c4)CC[C@@H]23)C[C@@H](O)C[C@@H]1O. The molecule has 4 nitrogen and oxygen atoms in total. The van der Waals surface area contributed by atoms with Gasteiger partial charge in [-0.1, -0.05) is 62.4 Å². The Morgan fingerprint density at radius 1 is 1.22 bits per heavy atom. The van der Waals surface area contributed by atoms with Crippen molar-refractivity contribution in [2.24, 2.45) is 23.2 Å². The molecular formula is C32H46O4. The largest absolute Gasteiger partial charge is 0.393 e. The van der Waals surface area contributed by atoms with Gasteiger partial charge in [0.15, 0.2) is 0 Å². The number of ether oxygens (including phenoxy) is 1. The number of aliphatic hydroxyl groups excluding tert-OH is 2. The van der Waals surface area contributed by atoms with E-state index in [-0.39, 0.29) is 5.41 Å². The Morgan fingerprint density at radius 2 is 2.00 bits per heavy atom. The van der Waals surface area contributed by atoms with Crippen LogP contribution in [0.15, 0.2) is 59.7 Å². The smallest absolute Gasteiger partial charge is 0.0840 e. The summed E-state index contributed by atoms with van der Waals surface area (Å²) in [6.07, 6.45) is 10.3. The molecule has 0 unspecified atom stereocenters. The number of rotatable bonds is 7. The molecule has 4 heteroatoms. The summed E-state index contributed by atoms with van der Waals surface area (Å²) in [5, 5.41) is 30.6. The molecule has 0 radical (unpaired) electrons. The van der Waals surface area contributed by atoms with Gasteiger partial charge in [0.1, 0.15) is 0 Å². The van der Waals surface area contributed by atoms with E-state index in [1.165, 1.54) is 31.3 Å². The second-order valence-electron chi connectivity index (χ2n) is 12.4. The summed E-state index contributed by atoms with van der Waals surface area (Å²) in [5.74, 6) is 1.71. The summed E-state index contributed by atoms with van der Waals surface area (Å²) in [6.45, 7) is 13.9. The van der Waals surface area contributed by atoms with Crippen LogP contribution < -0.4 is 0 Å². The van der Waals surface area contributed by atoms with Crippen LogP contribution in [-0.2, 0) is 16.9 Å². The Morgan fingerprint density at radius 3 is 2.75 bits per heavy atom. The molecule has 1 aromatic carbocycles. The maximum absolute atomic E-state index is 10.3. The van der Waals surface area contributed by atoms with Crippen molar-refractivity contribution >= 4 is 0 Å². The van der Waals surface area contributed by atoms with Gasteiger partial charge in [0.05, 0.1) is 24.4 Å². The van der Waals surface area contributed by atoms with E-state index < -0.39 is 17.8 Å². The number of hydrogen-bond acceptors (Lipinski definition) is 4. The molecule has 198 valence electrons. The zero-order valence-electron chi connectivity index (χ0n) is 22.7. The number of allylic oxidation sites excluding steroid dienone is 3. The van der Waals surface area contributed by atoms with E-state index in [2.05, 4.69) is 38.6 Å². The molecule has 0 spiro atoms. The Balaban J connectivity index is 1.39. The Kier molecular flexibility index (Phi) is 8.31. The molecule has 3 saturated carbocycles. The summed E-state index contributed by atoms with van der Waals surface area (Å²) < 4.78 is 6.21. The van der Waals surface area contributed by atoms with Crippen molar-refractivity contribution in [3.63, 3.8) is 0 Å². The number of fused-ring (bicyclic) bond motifs is 1. The second kappa shape index (κ2) is 10.9. The molecule has 1 aromatic rings. The highest BCUT2D eigenvalue weighted by molar-refractivity contribution is 5.38. The predicted molar refractivity (Wildman–Crippen MR) is 145 cm³/mol. The lowest BCUT2D eigenvalue weighted by Crippen LogP contribution is -2.37.